The lowest BCUT2D eigenvalue weighted by Gasteiger charge is -2.46. The number of nitrogens with zero attached hydrogens (tertiary/aromatic N) is 3. The van der Waals surface area contributed by atoms with Gasteiger partial charge in [0.1, 0.15) is 18.5 Å². The monoisotopic (exact) mass is 378 g/mol. The topological polar surface area (TPSA) is 107 Å². The molecule has 2 aromatic rings. The van der Waals surface area contributed by atoms with Crippen LogP contribution in [-0.2, 0) is 23.2 Å². The van der Waals surface area contributed by atoms with E-state index in [9.17, 15) is 24.9 Å². The second kappa shape index (κ2) is 5.63. The van der Waals surface area contributed by atoms with Gasteiger partial charge in [-0.1, -0.05) is 18.3 Å². The number of aliphatic hydroxyl groups excluding tert-OH is 2. The number of fused-ring (bicyclic) bond motifs is 2. The van der Waals surface area contributed by atoms with Crippen LogP contribution in [0.5, 0.6) is 0 Å². The quantitative estimate of drug-likeness (QED) is 0.512. The number of aliphatic hydroxyl groups is 2. The number of carboxylic acid groups (broad SMARTS) is 1. The van der Waals surface area contributed by atoms with E-state index in [4.69, 9.17) is 0 Å². The van der Waals surface area contributed by atoms with Crippen LogP contribution < -0.4 is 4.40 Å². The fourth-order valence-corrected chi connectivity index (χ4v) is 5.56. The molecule has 4 rings (SSSR count). The molecule has 9 heteroatoms. The number of imidazole rings is 1. The van der Waals surface area contributed by atoms with E-state index >= 15 is 0 Å². The number of carboxylic acids is 1. The average molecular weight is 378 g/mol. The maximum Gasteiger partial charge on any atom is 0.352 e. The first-order valence-corrected chi connectivity index (χ1v) is 9.18. The molecule has 4 heterocycles. The Labute approximate surface area is 153 Å². The number of carbonyl (C=O) groups is 2. The summed E-state index contributed by atoms with van der Waals surface area (Å²) in [5.41, 5.74) is 1.36. The lowest BCUT2D eigenvalue weighted by Crippen LogP contribution is -2.63. The third kappa shape index (κ3) is 2.04. The Hall–Kier alpha value is -2.23. The predicted octanol–water partition coefficient (Wildman–Crippen LogP) is -0.0292. The van der Waals surface area contributed by atoms with Gasteiger partial charge >= 0.3 is 5.97 Å². The van der Waals surface area contributed by atoms with Crippen molar-refractivity contribution in [3.05, 3.63) is 28.8 Å². The number of amides is 1. The Kier molecular flexibility index (Phi) is 3.73. The molecule has 8 nitrogen and oxygen atoms in total. The second-order valence-corrected chi connectivity index (χ2v) is 7.99. The van der Waals surface area contributed by atoms with Crippen molar-refractivity contribution in [3.8, 4) is 0 Å². The van der Waals surface area contributed by atoms with Gasteiger partial charge in [-0.2, -0.15) is 4.40 Å². The summed E-state index contributed by atoms with van der Waals surface area (Å²) in [4.78, 5) is 27.2. The fraction of sp³-hybridized carbons (Fsp3) is 0.471. The summed E-state index contributed by atoms with van der Waals surface area (Å²) in [6.07, 6.45) is 2.83. The van der Waals surface area contributed by atoms with Crippen molar-refractivity contribution in [2.45, 2.75) is 32.6 Å². The molecular formula is C17H20N3O5S+. The van der Waals surface area contributed by atoms with Crippen LogP contribution in [0, 0.1) is 11.8 Å². The molecule has 2 aliphatic rings. The first kappa shape index (κ1) is 17.2. The SMILES string of the molecule is C[C@@H](O)[C@H]1C(=O)N2C(C(=O)O)=C(c3c[n+]4cn(C)c(CO)c4s3)[C@H](C)[C@H]12. The van der Waals surface area contributed by atoms with Gasteiger partial charge in [-0.15, -0.1) is 0 Å². The number of aryl methyl sites for hydroxylation is 1. The molecule has 1 amide bonds. The third-order valence-electron chi connectivity index (χ3n) is 5.46. The molecule has 0 aliphatic carbocycles. The van der Waals surface area contributed by atoms with Crippen LogP contribution >= 0.6 is 11.3 Å². The first-order chi connectivity index (χ1) is 12.3. The number of hydrogen-bond donors (Lipinski definition) is 3. The van der Waals surface area contributed by atoms with Gasteiger partial charge in [0.2, 0.25) is 17.1 Å². The molecule has 0 unspecified atom stereocenters. The Bertz CT molecular complexity index is 973. The molecule has 2 aromatic heterocycles. The minimum atomic E-state index is -1.14. The number of carbonyl (C=O) groups excluding carboxylic acids is 1. The largest absolute Gasteiger partial charge is 0.477 e. The van der Waals surface area contributed by atoms with Gasteiger partial charge in [-0.05, 0) is 6.92 Å². The standard InChI is InChI=1S/C17H19N3O5S/c1-7-11(10-4-19-6-18(3)9(5-21)16(19)26-10)14(17(24)25)20-13(7)12(8(2)22)15(20)23/h4,6-8,12-13,21-22H,5H2,1-3H3/p+1/t7-,8+,12+,13+/m0/s1. The van der Waals surface area contributed by atoms with Gasteiger partial charge in [0.15, 0.2) is 5.69 Å². The molecule has 4 atom stereocenters. The summed E-state index contributed by atoms with van der Waals surface area (Å²) < 4.78 is 3.68. The number of aliphatic carboxylic acids is 1. The summed E-state index contributed by atoms with van der Waals surface area (Å²) in [5.74, 6) is -2.26. The lowest BCUT2D eigenvalue weighted by atomic mass is 9.77. The molecule has 2 aliphatic heterocycles. The molecule has 138 valence electrons. The number of β-lactam (4-membered cyclic amide) rings is 1. The van der Waals surface area contributed by atoms with E-state index in [0.29, 0.717) is 5.57 Å². The van der Waals surface area contributed by atoms with Crippen molar-refractivity contribution in [1.29, 1.82) is 0 Å². The van der Waals surface area contributed by atoms with Crippen LogP contribution in [0.15, 0.2) is 18.2 Å². The maximum atomic E-state index is 12.4. The third-order valence-corrected chi connectivity index (χ3v) is 6.64. The van der Waals surface area contributed by atoms with Gasteiger partial charge in [-0.25, -0.2) is 9.36 Å². The normalized spacial score (nSPS) is 26.4. The summed E-state index contributed by atoms with van der Waals surface area (Å²) in [7, 11) is 1.84. The molecule has 0 aromatic carbocycles. The van der Waals surface area contributed by atoms with E-state index in [2.05, 4.69) is 0 Å². The number of hydrogen-bond acceptors (Lipinski definition) is 5. The fourth-order valence-electron chi connectivity index (χ4n) is 4.27. The molecule has 0 spiro atoms. The number of thiazole rings is 1. The van der Waals surface area contributed by atoms with Gasteiger partial charge in [0.05, 0.1) is 30.0 Å². The molecule has 0 saturated carbocycles. The zero-order chi connectivity index (χ0) is 18.9. The van der Waals surface area contributed by atoms with Crippen molar-refractivity contribution in [2.75, 3.05) is 0 Å². The number of aromatic nitrogens is 2. The Balaban J connectivity index is 1.86. The van der Waals surface area contributed by atoms with Crippen molar-refractivity contribution in [1.82, 2.24) is 9.47 Å². The van der Waals surface area contributed by atoms with Crippen LogP contribution in [0.2, 0.25) is 0 Å². The van der Waals surface area contributed by atoms with E-state index in [1.54, 1.807) is 6.92 Å². The molecule has 26 heavy (non-hydrogen) atoms. The van der Waals surface area contributed by atoms with E-state index in [0.717, 1.165) is 15.4 Å². The molecule has 1 saturated heterocycles. The molecule has 3 N–H and O–H groups in total. The Morgan fingerprint density at radius 2 is 2.15 bits per heavy atom. The van der Waals surface area contributed by atoms with Gasteiger partial charge in [-0.3, -0.25) is 4.79 Å². The minimum Gasteiger partial charge on any atom is -0.477 e. The number of rotatable bonds is 4. The van der Waals surface area contributed by atoms with E-state index in [-0.39, 0.29) is 30.2 Å². The highest BCUT2D eigenvalue weighted by Gasteiger charge is 2.60. The summed E-state index contributed by atoms with van der Waals surface area (Å²) in [6.45, 7) is 3.34. The van der Waals surface area contributed by atoms with Crippen molar-refractivity contribution < 1.29 is 29.3 Å². The highest BCUT2D eigenvalue weighted by Crippen LogP contribution is 2.51. The Morgan fingerprint density at radius 3 is 2.73 bits per heavy atom. The lowest BCUT2D eigenvalue weighted by molar-refractivity contribution is -0.508. The highest BCUT2D eigenvalue weighted by molar-refractivity contribution is 7.18. The average Bonchev–Trinajstić information content (AvgIpc) is 3.14. The van der Waals surface area contributed by atoms with Crippen LogP contribution in [-0.4, -0.2) is 48.8 Å². The zero-order valence-electron chi connectivity index (χ0n) is 14.6. The molecular weight excluding hydrogens is 358 g/mol. The van der Waals surface area contributed by atoms with Crippen molar-refractivity contribution in [2.24, 2.45) is 18.9 Å². The van der Waals surface area contributed by atoms with E-state index in [1.807, 2.05) is 35.5 Å². The minimum absolute atomic E-state index is 0.00354. The Morgan fingerprint density at radius 1 is 1.46 bits per heavy atom. The van der Waals surface area contributed by atoms with Gasteiger partial charge < -0.3 is 20.2 Å². The maximum absolute atomic E-state index is 12.4. The van der Waals surface area contributed by atoms with Crippen LogP contribution in [0.3, 0.4) is 0 Å². The van der Waals surface area contributed by atoms with E-state index < -0.39 is 18.0 Å². The predicted molar refractivity (Wildman–Crippen MR) is 91.9 cm³/mol. The summed E-state index contributed by atoms with van der Waals surface area (Å²) in [6, 6.07) is -0.335. The van der Waals surface area contributed by atoms with Gasteiger partial charge in [0, 0.05) is 11.5 Å². The summed E-state index contributed by atoms with van der Waals surface area (Å²) >= 11 is 1.39. The van der Waals surface area contributed by atoms with Crippen LogP contribution in [0.1, 0.15) is 24.4 Å². The van der Waals surface area contributed by atoms with E-state index in [1.165, 1.54) is 16.2 Å². The molecule has 0 bridgehead atoms. The van der Waals surface area contributed by atoms with Crippen LogP contribution in [0.4, 0.5) is 0 Å². The van der Waals surface area contributed by atoms with Crippen LogP contribution in [0.25, 0.3) is 10.4 Å². The highest BCUT2D eigenvalue weighted by atomic mass is 32.1. The summed E-state index contributed by atoms with van der Waals surface area (Å²) in [5, 5.41) is 29.2. The van der Waals surface area contributed by atoms with Crippen molar-refractivity contribution >= 4 is 33.6 Å². The second-order valence-electron chi connectivity index (χ2n) is 6.96. The molecule has 1 fully saturated rings. The zero-order valence-corrected chi connectivity index (χ0v) is 15.4. The van der Waals surface area contributed by atoms with Crippen molar-refractivity contribution in [3.63, 3.8) is 0 Å². The first-order valence-electron chi connectivity index (χ1n) is 8.36. The smallest absolute Gasteiger partial charge is 0.352 e. The molecule has 0 radical (unpaired) electrons. The van der Waals surface area contributed by atoms with Gasteiger partial charge in [0.25, 0.3) is 0 Å².